The molecular formula is C28H30N6O2S. The first kappa shape index (κ1) is 24.9. The summed E-state index contributed by atoms with van der Waals surface area (Å²) >= 11 is 1.49. The molecule has 1 N–H and O–H groups in total. The van der Waals surface area contributed by atoms with E-state index in [2.05, 4.69) is 61.3 Å². The predicted octanol–water partition coefficient (Wildman–Crippen LogP) is 4.75. The molecule has 0 radical (unpaired) electrons. The van der Waals surface area contributed by atoms with Gasteiger partial charge in [-0.15, -0.1) is 0 Å². The van der Waals surface area contributed by atoms with E-state index in [-0.39, 0.29) is 0 Å². The van der Waals surface area contributed by atoms with Gasteiger partial charge in [0.2, 0.25) is 11.8 Å². The molecule has 9 heteroatoms. The van der Waals surface area contributed by atoms with Crippen molar-refractivity contribution in [1.82, 2.24) is 19.9 Å². The van der Waals surface area contributed by atoms with Crippen LogP contribution in [0.1, 0.15) is 17.5 Å². The molecule has 37 heavy (non-hydrogen) atoms. The molecule has 3 heterocycles. The van der Waals surface area contributed by atoms with Gasteiger partial charge >= 0.3 is 0 Å². The van der Waals surface area contributed by atoms with Gasteiger partial charge in [0.15, 0.2) is 5.16 Å². The molecule has 0 atom stereocenters. The standard InChI is InChI=1S/C28H30N6O2S/c1-35-26-17-27(36-2)32-28(31-26)37-23-8-6-22(7-9-23)34-14-12-33(13-15-34)11-3-4-21-19-30-25-10-5-20(18-29)16-24(21)25/h5-10,16-17,19,30H,3-4,11-15H2,1-2H3. The van der Waals surface area contributed by atoms with Crippen molar-refractivity contribution in [1.29, 1.82) is 5.26 Å². The number of piperazine rings is 1. The van der Waals surface area contributed by atoms with E-state index in [4.69, 9.17) is 9.47 Å². The third kappa shape index (κ3) is 5.98. The van der Waals surface area contributed by atoms with E-state index in [9.17, 15) is 5.26 Å². The molecular weight excluding hydrogens is 484 g/mol. The maximum atomic E-state index is 9.20. The molecule has 190 valence electrons. The number of hydrogen-bond donors (Lipinski definition) is 1. The summed E-state index contributed by atoms with van der Waals surface area (Å²) in [5.41, 5.74) is 4.34. The van der Waals surface area contributed by atoms with Crippen molar-refractivity contribution in [3.05, 3.63) is 65.9 Å². The number of nitriles is 1. The van der Waals surface area contributed by atoms with Crippen LogP contribution in [-0.4, -0.2) is 66.8 Å². The average Bonchev–Trinajstić information content (AvgIpc) is 3.35. The van der Waals surface area contributed by atoms with Crippen molar-refractivity contribution in [2.24, 2.45) is 0 Å². The van der Waals surface area contributed by atoms with Gasteiger partial charge in [-0.2, -0.15) is 15.2 Å². The van der Waals surface area contributed by atoms with E-state index < -0.39 is 0 Å². The highest BCUT2D eigenvalue weighted by atomic mass is 32.2. The molecule has 8 nitrogen and oxygen atoms in total. The Morgan fingerprint density at radius 3 is 2.38 bits per heavy atom. The van der Waals surface area contributed by atoms with Crippen LogP contribution in [-0.2, 0) is 6.42 Å². The fraction of sp³-hybridized carbons (Fsp3) is 0.321. The van der Waals surface area contributed by atoms with Crippen LogP contribution < -0.4 is 14.4 Å². The van der Waals surface area contributed by atoms with Crippen LogP contribution in [0.4, 0.5) is 5.69 Å². The Bertz CT molecular complexity index is 1370. The van der Waals surface area contributed by atoms with Gasteiger partial charge < -0.3 is 19.4 Å². The van der Waals surface area contributed by atoms with E-state index in [0.29, 0.717) is 22.5 Å². The first-order valence-electron chi connectivity index (χ1n) is 12.4. The lowest BCUT2D eigenvalue weighted by Crippen LogP contribution is -2.46. The van der Waals surface area contributed by atoms with E-state index in [0.717, 1.165) is 56.0 Å². The molecule has 5 rings (SSSR count). The van der Waals surface area contributed by atoms with Crippen LogP contribution in [0.2, 0.25) is 0 Å². The number of aromatic amines is 1. The van der Waals surface area contributed by atoms with Gasteiger partial charge in [-0.1, -0.05) is 0 Å². The van der Waals surface area contributed by atoms with Gasteiger partial charge in [-0.3, -0.25) is 4.90 Å². The van der Waals surface area contributed by atoms with Gasteiger partial charge in [-0.05, 0) is 79.2 Å². The van der Waals surface area contributed by atoms with Crippen LogP contribution in [0.3, 0.4) is 0 Å². The summed E-state index contributed by atoms with van der Waals surface area (Å²) in [5, 5.41) is 11.0. The molecule has 0 unspecified atom stereocenters. The van der Waals surface area contributed by atoms with Crippen molar-refractivity contribution in [2.45, 2.75) is 22.9 Å². The van der Waals surface area contributed by atoms with E-state index >= 15 is 0 Å². The van der Waals surface area contributed by atoms with Gasteiger partial charge in [-0.25, -0.2) is 0 Å². The molecule has 1 fully saturated rings. The van der Waals surface area contributed by atoms with Crippen molar-refractivity contribution in [2.75, 3.05) is 51.8 Å². The Labute approximate surface area is 221 Å². The van der Waals surface area contributed by atoms with Crippen LogP contribution in [0.15, 0.2) is 64.8 Å². The smallest absolute Gasteiger partial charge is 0.220 e. The highest BCUT2D eigenvalue weighted by Gasteiger charge is 2.17. The van der Waals surface area contributed by atoms with Crippen LogP contribution in [0.25, 0.3) is 10.9 Å². The molecule has 0 bridgehead atoms. The number of fused-ring (bicyclic) bond motifs is 1. The number of nitrogens with zero attached hydrogens (tertiary/aromatic N) is 5. The predicted molar refractivity (Wildman–Crippen MR) is 146 cm³/mol. The monoisotopic (exact) mass is 514 g/mol. The summed E-state index contributed by atoms with van der Waals surface area (Å²) in [6, 6.07) is 18.3. The van der Waals surface area contributed by atoms with Crippen LogP contribution >= 0.6 is 11.8 Å². The van der Waals surface area contributed by atoms with Crippen molar-refractivity contribution < 1.29 is 9.47 Å². The molecule has 0 amide bonds. The Hall–Kier alpha value is -3.74. The third-order valence-corrected chi connectivity index (χ3v) is 7.55. The molecule has 1 aliphatic heterocycles. The zero-order valence-electron chi connectivity index (χ0n) is 21.1. The van der Waals surface area contributed by atoms with Gasteiger partial charge in [0.05, 0.1) is 31.9 Å². The molecule has 0 spiro atoms. The lowest BCUT2D eigenvalue weighted by Gasteiger charge is -2.36. The first-order chi connectivity index (χ1) is 18.1. The number of aromatic nitrogens is 3. The lowest BCUT2D eigenvalue weighted by molar-refractivity contribution is 0.255. The summed E-state index contributed by atoms with van der Waals surface area (Å²) in [4.78, 5) is 18.2. The second-order valence-electron chi connectivity index (χ2n) is 8.95. The molecule has 0 aliphatic carbocycles. The number of aryl methyl sites for hydroxylation is 1. The number of benzene rings is 2. The van der Waals surface area contributed by atoms with E-state index in [1.54, 1.807) is 20.3 Å². The summed E-state index contributed by atoms with van der Waals surface area (Å²) in [6.07, 6.45) is 4.20. The number of anilines is 1. The average molecular weight is 515 g/mol. The minimum atomic E-state index is 0.485. The first-order valence-corrected chi connectivity index (χ1v) is 13.2. The largest absolute Gasteiger partial charge is 0.481 e. The minimum Gasteiger partial charge on any atom is -0.481 e. The maximum Gasteiger partial charge on any atom is 0.220 e. The van der Waals surface area contributed by atoms with Gasteiger partial charge in [0.1, 0.15) is 0 Å². The molecule has 4 aromatic rings. The van der Waals surface area contributed by atoms with Crippen LogP contribution in [0.5, 0.6) is 11.8 Å². The quantitative estimate of drug-likeness (QED) is 0.320. The SMILES string of the molecule is COc1cc(OC)nc(Sc2ccc(N3CCN(CCCc4c[nH]c5ccc(C#N)cc45)CC3)cc2)n1. The number of nitrogens with one attached hydrogen (secondary N) is 1. The van der Waals surface area contributed by atoms with Gasteiger partial charge in [0.25, 0.3) is 0 Å². The molecule has 1 saturated heterocycles. The van der Waals surface area contributed by atoms with E-state index in [1.165, 1.54) is 28.4 Å². The van der Waals surface area contributed by atoms with Crippen LogP contribution in [0, 0.1) is 11.3 Å². The Kier molecular flexibility index (Phi) is 7.78. The Morgan fingerprint density at radius 1 is 0.973 bits per heavy atom. The number of H-pyrrole nitrogens is 1. The highest BCUT2D eigenvalue weighted by Crippen LogP contribution is 2.30. The Balaban J connectivity index is 1.10. The Morgan fingerprint density at radius 2 is 1.70 bits per heavy atom. The fourth-order valence-corrected chi connectivity index (χ4v) is 5.40. The second kappa shape index (κ2) is 11.5. The second-order valence-corrected chi connectivity index (χ2v) is 9.99. The summed E-state index contributed by atoms with van der Waals surface area (Å²) in [6.45, 7) is 5.22. The third-order valence-electron chi connectivity index (χ3n) is 6.68. The molecule has 2 aromatic carbocycles. The molecule has 1 aliphatic rings. The zero-order valence-corrected chi connectivity index (χ0v) is 21.9. The fourth-order valence-electron chi connectivity index (χ4n) is 4.65. The van der Waals surface area contributed by atoms with Crippen molar-refractivity contribution >= 4 is 28.4 Å². The van der Waals surface area contributed by atoms with E-state index in [1.807, 2.05) is 18.2 Å². The lowest BCUT2D eigenvalue weighted by atomic mass is 10.1. The number of rotatable bonds is 9. The highest BCUT2D eigenvalue weighted by molar-refractivity contribution is 7.99. The summed E-state index contributed by atoms with van der Waals surface area (Å²) in [5.74, 6) is 0.969. The zero-order chi connectivity index (χ0) is 25.6. The van der Waals surface area contributed by atoms with Crippen molar-refractivity contribution in [3.63, 3.8) is 0 Å². The molecule has 0 saturated carbocycles. The minimum absolute atomic E-state index is 0.485. The molecule has 2 aromatic heterocycles. The summed E-state index contributed by atoms with van der Waals surface area (Å²) in [7, 11) is 3.17. The number of hydrogen-bond acceptors (Lipinski definition) is 8. The maximum absolute atomic E-state index is 9.20. The topological polar surface area (TPSA) is 90.3 Å². The number of ether oxygens (including phenoxy) is 2. The van der Waals surface area contributed by atoms with Crippen molar-refractivity contribution in [3.8, 4) is 17.8 Å². The number of methoxy groups -OCH3 is 2. The normalized spacial score (nSPS) is 14.0. The summed E-state index contributed by atoms with van der Waals surface area (Å²) < 4.78 is 10.5. The van der Waals surface area contributed by atoms with Gasteiger partial charge in [0, 0.05) is 53.9 Å².